The number of halogens is 2. The zero-order chi connectivity index (χ0) is 14.7. The largest absolute Gasteiger partial charge is 0.344 e. The Morgan fingerprint density at radius 2 is 1.85 bits per heavy atom. The van der Waals surface area contributed by atoms with Crippen molar-refractivity contribution in [2.75, 3.05) is 0 Å². The minimum atomic E-state index is -0.0380. The van der Waals surface area contributed by atoms with Crippen molar-refractivity contribution < 1.29 is 4.79 Å². The van der Waals surface area contributed by atoms with Crippen LogP contribution in [-0.4, -0.2) is 5.91 Å². The van der Waals surface area contributed by atoms with Crippen LogP contribution >= 0.6 is 43.2 Å². The lowest BCUT2D eigenvalue weighted by Crippen LogP contribution is -2.31. The van der Waals surface area contributed by atoms with Crippen molar-refractivity contribution in [3.8, 4) is 0 Å². The molecule has 20 heavy (non-hydrogen) atoms. The van der Waals surface area contributed by atoms with Crippen LogP contribution < -0.4 is 5.32 Å². The van der Waals surface area contributed by atoms with Gasteiger partial charge in [-0.25, -0.2) is 0 Å². The lowest BCUT2D eigenvalue weighted by molar-refractivity contribution is 0.0929. The van der Waals surface area contributed by atoms with E-state index in [-0.39, 0.29) is 11.9 Å². The number of rotatable bonds is 4. The molecular weight excluding hydrogens is 402 g/mol. The van der Waals surface area contributed by atoms with Crippen LogP contribution in [0.4, 0.5) is 0 Å². The molecule has 2 nitrogen and oxygen atoms in total. The lowest BCUT2D eigenvalue weighted by atomic mass is 9.96. The van der Waals surface area contributed by atoms with Gasteiger partial charge in [-0.2, -0.15) is 0 Å². The molecule has 1 N–H and O–H groups in total. The van der Waals surface area contributed by atoms with E-state index in [0.717, 1.165) is 13.8 Å². The first-order valence-electron chi connectivity index (χ1n) is 6.29. The third kappa shape index (κ3) is 3.71. The molecule has 1 aromatic carbocycles. The van der Waals surface area contributed by atoms with Gasteiger partial charge in [-0.3, -0.25) is 4.79 Å². The van der Waals surface area contributed by atoms with Crippen molar-refractivity contribution >= 4 is 49.1 Å². The molecule has 1 aromatic heterocycles. The standard InChI is InChI=1S/C15H15Br2NOS/c1-9(2)13(10-6-4-3-5-7-10)18-15(19)12-8-11(16)14(17)20-12/h3-9,13H,1-2H3,(H,18,19). The molecule has 1 amide bonds. The van der Waals surface area contributed by atoms with Crippen LogP contribution in [0.5, 0.6) is 0 Å². The maximum atomic E-state index is 12.4. The minimum Gasteiger partial charge on any atom is -0.344 e. The zero-order valence-electron chi connectivity index (χ0n) is 11.2. The average Bonchev–Trinajstić information content (AvgIpc) is 2.76. The summed E-state index contributed by atoms with van der Waals surface area (Å²) in [6.45, 7) is 4.22. The van der Waals surface area contributed by atoms with E-state index in [2.05, 4.69) is 51.0 Å². The minimum absolute atomic E-state index is 0.0170. The van der Waals surface area contributed by atoms with Crippen molar-refractivity contribution in [3.05, 3.63) is 55.1 Å². The van der Waals surface area contributed by atoms with Crippen LogP contribution in [0.15, 0.2) is 44.7 Å². The summed E-state index contributed by atoms with van der Waals surface area (Å²) < 4.78 is 1.84. The van der Waals surface area contributed by atoms with Crippen LogP contribution in [-0.2, 0) is 0 Å². The van der Waals surface area contributed by atoms with Gasteiger partial charge in [0.05, 0.1) is 14.7 Å². The molecule has 0 fully saturated rings. The number of carbonyl (C=O) groups excluding carboxylic acids is 1. The predicted octanol–water partition coefficient (Wildman–Crippen LogP) is 5.40. The van der Waals surface area contributed by atoms with Crippen LogP contribution in [0.3, 0.4) is 0 Å². The highest BCUT2D eigenvalue weighted by Gasteiger charge is 2.20. The summed E-state index contributed by atoms with van der Waals surface area (Å²) in [5.41, 5.74) is 1.13. The highest BCUT2D eigenvalue weighted by molar-refractivity contribution is 9.13. The SMILES string of the molecule is CC(C)C(NC(=O)c1cc(Br)c(Br)s1)c1ccccc1. The predicted molar refractivity (Wildman–Crippen MR) is 91.2 cm³/mol. The zero-order valence-corrected chi connectivity index (χ0v) is 15.2. The Balaban J connectivity index is 2.19. The molecule has 0 saturated heterocycles. The molecule has 0 spiro atoms. The number of hydrogen-bond donors (Lipinski definition) is 1. The number of hydrogen-bond acceptors (Lipinski definition) is 2. The number of benzene rings is 1. The van der Waals surface area contributed by atoms with E-state index >= 15 is 0 Å². The molecule has 5 heteroatoms. The van der Waals surface area contributed by atoms with E-state index in [4.69, 9.17) is 0 Å². The highest BCUT2D eigenvalue weighted by atomic mass is 79.9. The Kier molecular flexibility index (Phi) is 5.41. The van der Waals surface area contributed by atoms with E-state index in [1.165, 1.54) is 11.3 Å². The second kappa shape index (κ2) is 6.87. The summed E-state index contributed by atoms with van der Waals surface area (Å²) in [7, 11) is 0. The quantitative estimate of drug-likeness (QED) is 0.710. The maximum absolute atomic E-state index is 12.4. The topological polar surface area (TPSA) is 29.1 Å². The Labute approximate surface area is 139 Å². The van der Waals surface area contributed by atoms with E-state index in [1.807, 2.05) is 36.4 Å². The van der Waals surface area contributed by atoms with Gasteiger partial charge in [0.25, 0.3) is 5.91 Å². The third-order valence-electron chi connectivity index (χ3n) is 2.98. The molecule has 2 aromatic rings. The van der Waals surface area contributed by atoms with Crippen molar-refractivity contribution in [1.82, 2.24) is 5.32 Å². The van der Waals surface area contributed by atoms with Gasteiger partial charge in [-0.15, -0.1) is 11.3 Å². The van der Waals surface area contributed by atoms with Gasteiger partial charge in [0.2, 0.25) is 0 Å². The van der Waals surface area contributed by atoms with Gasteiger partial charge >= 0.3 is 0 Å². The molecule has 0 aliphatic heterocycles. The van der Waals surface area contributed by atoms with Gasteiger partial charge in [0.15, 0.2) is 0 Å². The van der Waals surface area contributed by atoms with Gasteiger partial charge < -0.3 is 5.32 Å². The number of amides is 1. The molecule has 0 aliphatic carbocycles. The second-order valence-electron chi connectivity index (χ2n) is 4.84. The van der Waals surface area contributed by atoms with E-state index in [9.17, 15) is 4.79 Å². The number of carbonyl (C=O) groups is 1. The summed E-state index contributed by atoms with van der Waals surface area (Å²) in [6.07, 6.45) is 0. The fraction of sp³-hybridized carbons (Fsp3) is 0.267. The van der Waals surface area contributed by atoms with Gasteiger partial charge in [0.1, 0.15) is 0 Å². The van der Waals surface area contributed by atoms with Crippen LogP contribution in [0, 0.1) is 5.92 Å². The van der Waals surface area contributed by atoms with Crippen LogP contribution in [0.25, 0.3) is 0 Å². The molecule has 1 heterocycles. The maximum Gasteiger partial charge on any atom is 0.261 e. The molecule has 0 bridgehead atoms. The Morgan fingerprint density at radius 1 is 1.20 bits per heavy atom. The fourth-order valence-corrected chi connectivity index (χ4v) is 3.90. The summed E-state index contributed by atoms with van der Waals surface area (Å²) in [4.78, 5) is 13.1. The van der Waals surface area contributed by atoms with Gasteiger partial charge in [-0.1, -0.05) is 44.2 Å². The summed E-state index contributed by atoms with van der Waals surface area (Å²) in [6, 6.07) is 11.9. The lowest BCUT2D eigenvalue weighted by Gasteiger charge is -2.22. The van der Waals surface area contributed by atoms with Gasteiger partial charge in [-0.05, 0) is 49.4 Å². The Bertz CT molecular complexity index is 576. The molecule has 0 saturated carbocycles. The van der Waals surface area contributed by atoms with Crippen molar-refractivity contribution in [1.29, 1.82) is 0 Å². The monoisotopic (exact) mass is 415 g/mol. The van der Waals surface area contributed by atoms with Crippen molar-refractivity contribution in [2.24, 2.45) is 5.92 Å². The van der Waals surface area contributed by atoms with E-state index in [1.54, 1.807) is 0 Å². The smallest absolute Gasteiger partial charge is 0.261 e. The Hall–Kier alpha value is -0.650. The second-order valence-corrected chi connectivity index (χ2v) is 8.06. The molecule has 0 aliphatic rings. The van der Waals surface area contributed by atoms with Crippen molar-refractivity contribution in [2.45, 2.75) is 19.9 Å². The first kappa shape index (κ1) is 15.7. The fourth-order valence-electron chi connectivity index (χ4n) is 1.97. The molecule has 1 atom stereocenters. The van der Waals surface area contributed by atoms with Crippen LogP contribution in [0.1, 0.15) is 35.1 Å². The molecule has 0 radical (unpaired) electrons. The number of nitrogens with one attached hydrogen (secondary N) is 1. The Morgan fingerprint density at radius 3 is 2.35 bits per heavy atom. The average molecular weight is 417 g/mol. The summed E-state index contributed by atoms with van der Waals surface area (Å²) in [5.74, 6) is 0.289. The van der Waals surface area contributed by atoms with E-state index in [0.29, 0.717) is 10.8 Å². The molecule has 2 rings (SSSR count). The van der Waals surface area contributed by atoms with Gasteiger partial charge in [0, 0.05) is 4.47 Å². The third-order valence-corrected chi connectivity index (χ3v) is 6.24. The van der Waals surface area contributed by atoms with E-state index < -0.39 is 0 Å². The summed E-state index contributed by atoms with van der Waals surface area (Å²) in [5, 5.41) is 3.12. The first-order valence-corrected chi connectivity index (χ1v) is 8.70. The molecule has 1 unspecified atom stereocenters. The first-order chi connectivity index (χ1) is 9.49. The van der Waals surface area contributed by atoms with Crippen molar-refractivity contribution in [3.63, 3.8) is 0 Å². The van der Waals surface area contributed by atoms with Crippen LogP contribution in [0.2, 0.25) is 0 Å². The molecular formula is C15H15Br2NOS. The highest BCUT2D eigenvalue weighted by Crippen LogP contribution is 2.33. The normalized spacial score (nSPS) is 12.4. The number of thiophene rings is 1. The summed E-state index contributed by atoms with van der Waals surface area (Å²) >= 11 is 8.25. The molecule has 106 valence electrons.